The maximum Gasteiger partial charge on any atom is 0.253 e. The van der Waals surface area contributed by atoms with E-state index in [4.69, 9.17) is 4.74 Å². The Labute approximate surface area is 145 Å². The Morgan fingerprint density at radius 1 is 1.24 bits per heavy atom. The van der Waals surface area contributed by atoms with Gasteiger partial charge in [-0.25, -0.2) is 4.68 Å². The monoisotopic (exact) mass is 337 g/mol. The number of nitrogens with one attached hydrogen (secondary N) is 1. The highest BCUT2D eigenvalue weighted by atomic mass is 16.5. The molecule has 1 amide bonds. The summed E-state index contributed by atoms with van der Waals surface area (Å²) in [5.41, 5.74) is 2.37. The van der Waals surface area contributed by atoms with Crippen LogP contribution in [0.2, 0.25) is 0 Å². The highest BCUT2D eigenvalue weighted by Crippen LogP contribution is 2.19. The molecule has 0 unspecified atom stereocenters. The van der Waals surface area contributed by atoms with Gasteiger partial charge in [0, 0.05) is 18.9 Å². The molecule has 3 aromatic rings. The van der Waals surface area contributed by atoms with Crippen LogP contribution in [-0.4, -0.2) is 27.9 Å². The average Bonchev–Trinajstić information content (AvgIpc) is 3.20. The summed E-state index contributed by atoms with van der Waals surface area (Å²) >= 11 is 0. The molecular formula is C19H19N3O3. The van der Waals surface area contributed by atoms with E-state index in [0.29, 0.717) is 17.9 Å². The third-order valence-corrected chi connectivity index (χ3v) is 3.83. The lowest BCUT2D eigenvalue weighted by molar-refractivity contribution is -0.129. The zero-order chi connectivity index (χ0) is 17.6. The summed E-state index contributed by atoms with van der Waals surface area (Å²) in [5, 5.41) is 17.1. The molecule has 25 heavy (non-hydrogen) atoms. The molecule has 128 valence electrons. The fourth-order valence-corrected chi connectivity index (χ4v) is 2.44. The van der Waals surface area contributed by atoms with Gasteiger partial charge >= 0.3 is 0 Å². The molecule has 6 nitrogen and oxygen atoms in total. The molecule has 0 aliphatic carbocycles. The molecule has 0 radical (unpaired) electrons. The van der Waals surface area contributed by atoms with Gasteiger partial charge in [-0.3, -0.25) is 4.79 Å². The fourth-order valence-electron chi connectivity index (χ4n) is 2.44. The Kier molecular flexibility index (Phi) is 5.11. The quantitative estimate of drug-likeness (QED) is 0.723. The Morgan fingerprint density at radius 3 is 2.72 bits per heavy atom. The van der Waals surface area contributed by atoms with Crippen molar-refractivity contribution in [1.82, 2.24) is 15.1 Å². The maximum atomic E-state index is 12.2. The molecule has 1 aromatic heterocycles. The molecular weight excluding hydrogens is 318 g/mol. The number of carbonyl (C=O) groups is 1. The van der Waals surface area contributed by atoms with Crippen molar-refractivity contribution in [3.05, 3.63) is 78.1 Å². The van der Waals surface area contributed by atoms with Crippen LogP contribution in [0, 0.1) is 0 Å². The van der Waals surface area contributed by atoms with E-state index in [-0.39, 0.29) is 0 Å². The number of methoxy groups -OCH3 is 1. The molecule has 2 aromatic carbocycles. The van der Waals surface area contributed by atoms with Crippen LogP contribution < -0.4 is 10.1 Å². The van der Waals surface area contributed by atoms with Crippen molar-refractivity contribution >= 4 is 5.91 Å². The summed E-state index contributed by atoms with van der Waals surface area (Å²) in [7, 11) is 1.54. The van der Waals surface area contributed by atoms with Gasteiger partial charge in [0.1, 0.15) is 5.75 Å². The summed E-state index contributed by atoms with van der Waals surface area (Å²) in [6.07, 6.45) is 2.34. The molecule has 6 heteroatoms. The van der Waals surface area contributed by atoms with E-state index in [1.165, 1.54) is 0 Å². The van der Waals surface area contributed by atoms with Gasteiger partial charge < -0.3 is 15.2 Å². The van der Waals surface area contributed by atoms with E-state index < -0.39 is 12.0 Å². The number of hydrogen-bond acceptors (Lipinski definition) is 4. The number of carbonyl (C=O) groups excluding carboxylic acids is 1. The van der Waals surface area contributed by atoms with E-state index >= 15 is 0 Å². The zero-order valence-corrected chi connectivity index (χ0v) is 13.8. The molecule has 0 bridgehead atoms. The van der Waals surface area contributed by atoms with Gasteiger partial charge in [0.05, 0.1) is 12.8 Å². The van der Waals surface area contributed by atoms with Crippen LogP contribution in [0.4, 0.5) is 0 Å². The second-order valence-electron chi connectivity index (χ2n) is 5.51. The maximum absolute atomic E-state index is 12.2. The molecule has 0 aliphatic heterocycles. The van der Waals surface area contributed by atoms with Crippen LogP contribution in [0.15, 0.2) is 67.0 Å². The standard InChI is InChI=1S/C19H19N3O3/c1-25-17-5-2-4-15(12-17)18(23)19(24)20-13-14-6-8-16(9-7-14)22-11-3-10-21-22/h2-12,18,23H,13H2,1H3,(H,20,24)/t18-/m0/s1. The van der Waals surface area contributed by atoms with Crippen molar-refractivity contribution in [2.45, 2.75) is 12.6 Å². The zero-order valence-electron chi connectivity index (χ0n) is 13.8. The normalized spacial score (nSPS) is 11.8. The molecule has 0 spiro atoms. The van der Waals surface area contributed by atoms with Crippen LogP contribution in [0.25, 0.3) is 5.69 Å². The second-order valence-corrected chi connectivity index (χ2v) is 5.51. The third kappa shape index (κ3) is 4.05. The van der Waals surface area contributed by atoms with Gasteiger partial charge in [0.15, 0.2) is 6.10 Å². The number of aliphatic hydroxyl groups is 1. The van der Waals surface area contributed by atoms with Gasteiger partial charge in [0.2, 0.25) is 0 Å². The van der Waals surface area contributed by atoms with Crippen LogP contribution >= 0.6 is 0 Å². The molecule has 2 N–H and O–H groups in total. The SMILES string of the molecule is COc1cccc([C@H](O)C(=O)NCc2ccc(-n3cccn3)cc2)c1. The smallest absolute Gasteiger partial charge is 0.253 e. The van der Waals surface area contributed by atoms with Crippen molar-refractivity contribution in [3.8, 4) is 11.4 Å². The van der Waals surface area contributed by atoms with Crippen molar-refractivity contribution in [2.75, 3.05) is 7.11 Å². The minimum atomic E-state index is -1.24. The number of ether oxygens (including phenoxy) is 1. The van der Waals surface area contributed by atoms with Gasteiger partial charge in [-0.05, 0) is 41.5 Å². The molecule has 3 rings (SSSR count). The van der Waals surface area contributed by atoms with Gasteiger partial charge in [-0.15, -0.1) is 0 Å². The summed E-state index contributed by atoms with van der Waals surface area (Å²) in [4.78, 5) is 12.2. The summed E-state index contributed by atoms with van der Waals surface area (Å²) < 4.78 is 6.86. The lowest BCUT2D eigenvalue weighted by Crippen LogP contribution is -2.28. The Balaban J connectivity index is 1.59. The first-order chi connectivity index (χ1) is 12.2. The molecule has 0 fully saturated rings. The van der Waals surface area contributed by atoms with E-state index in [1.54, 1.807) is 42.3 Å². The first-order valence-corrected chi connectivity index (χ1v) is 7.86. The van der Waals surface area contributed by atoms with Crippen LogP contribution in [-0.2, 0) is 11.3 Å². The first kappa shape index (κ1) is 16.7. The van der Waals surface area contributed by atoms with E-state index in [2.05, 4.69) is 10.4 Å². The van der Waals surface area contributed by atoms with Crippen LogP contribution in [0.5, 0.6) is 5.75 Å². The molecule has 1 heterocycles. The van der Waals surface area contributed by atoms with Crippen molar-refractivity contribution < 1.29 is 14.6 Å². The van der Waals surface area contributed by atoms with E-state index in [0.717, 1.165) is 11.3 Å². The predicted octanol–water partition coefficient (Wildman–Crippen LogP) is 2.23. The van der Waals surface area contributed by atoms with Gasteiger partial charge in [-0.2, -0.15) is 5.10 Å². The Bertz CT molecular complexity index is 829. The topological polar surface area (TPSA) is 76.4 Å². The number of rotatable bonds is 6. The van der Waals surface area contributed by atoms with Crippen molar-refractivity contribution in [3.63, 3.8) is 0 Å². The van der Waals surface area contributed by atoms with E-state index in [9.17, 15) is 9.90 Å². The summed E-state index contributed by atoms with van der Waals surface area (Å²) in [6, 6.07) is 16.3. The number of benzene rings is 2. The minimum Gasteiger partial charge on any atom is -0.497 e. The minimum absolute atomic E-state index is 0.333. The first-order valence-electron chi connectivity index (χ1n) is 7.86. The third-order valence-electron chi connectivity index (χ3n) is 3.83. The molecule has 0 saturated carbocycles. The lowest BCUT2D eigenvalue weighted by atomic mass is 10.1. The van der Waals surface area contributed by atoms with Gasteiger partial charge in [0.25, 0.3) is 5.91 Å². The largest absolute Gasteiger partial charge is 0.497 e. The highest BCUT2D eigenvalue weighted by molar-refractivity contribution is 5.82. The summed E-state index contributed by atoms with van der Waals surface area (Å²) in [6.45, 7) is 0.333. The van der Waals surface area contributed by atoms with E-state index in [1.807, 2.05) is 36.5 Å². The number of aliphatic hydroxyl groups excluding tert-OH is 1. The molecule has 0 saturated heterocycles. The highest BCUT2D eigenvalue weighted by Gasteiger charge is 2.17. The number of nitrogens with zero attached hydrogens (tertiary/aromatic N) is 2. The summed E-state index contributed by atoms with van der Waals surface area (Å²) in [5.74, 6) is 0.142. The fraction of sp³-hybridized carbons (Fsp3) is 0.158. The Hall–Kier alpha value is -3.12. The van der Waals surface area contributed by atoms with Crippen LogP contribution in [0.3, 0.4) is 0 Å². The Morgan fingerprint density at radius 2 is 2.04 bits per heavy atom. The average molecular weight is 337 g/mol. The second kappa shape index (κ2) is 7.63. The molecule has 0 aliphatic rings. The van der Waals surface area contributed by atoms with Crippen LogP contribution in [0.1, 0.15) is 17.2 Å². The van der Waals surface area contributed by atoms with Crippen molar-refractivity contribution in [2.24, 2.45) is 0 Å². The number of aromatic nitrogens is 2. The van der Waals surface area contributed by atoms with Gasteiger partial charge in [-0.1, -0.05) is 24.3 Å². The van der Waals surface area contributed by atoms with Crippen molar-refractivity contribution in [1.29, 1.82) is 0 Å². The number of amides is 1. The lowest BCUT2D eigenvalue weighted by Gasteiger charge is -2.13. The predicted molar refractivity (Wildman–Crippen MR) is 93.4 cm³/mol. The number of hydrogen-bond donors (Lipinski definition) is 2. The molecule has 1 atom stereocenters.